The summed E-state index contributed by atoms with van der Waals surface area (Å²) >= 11 is 0. The molecule has 0 amide bonds. The van der Waals surface area contributed by atoms with E-state index in [0.29, 0.717) is 17.6 Å². The van der Waals surface area contributed by atoms with Crippen molar-refractivity contribution >= 4 is 7.82 Å². The summed E-state index contributed by atoms with van der Waals surface area (Å²) in [4.78, 5) is 12.1. The number of nitrogens with zero attached hydrogens (tertiary/aromatic N) is 1. The van der Waals surface area contributed by atoms with Crippen LogP contribution in [0.5, 0.6) is 0 Å². The Bertz CT molecular complexity index is 582. The number of phosphoric acid groups is 1. The lowest BCUT2D eigenvalue weighted by Gasteiger charge is -2.29. The summed E-state index contributed by atoms with van der Waals surface area (Å²) in [5.74, 6) is 0. The number of unbranched alkanes of at least 4 members (excludes halogenated alkanes) is 15. The molecule has 0 aromatic carbocycles. The first-order chi connectivity index (χ1) is 18.2. The normalized spacial score (nSPS) is 14.8. The molecule has 1 unspecified atom stereocenters. The van der Waals surface area contributed by atoms with E-state index in [1.54, 1.807) is 0 Å². The number of rotatable bonds is 29. The standard InChI is InChI=1S/C30H62NO6P/c1-6-7-8-9-10-11-12-13-14-15-16-17-18-19-20-21-22-23-24-26-35-29-30(28-34-5)37-38(32,33)36-27-25-31(2,3)4/h15-16,30H,6-14,17-29H2,1-5H3/b16-15-/t30-/m0/s1. The number of allylic oxidation sites excluding steroid dienone is 2. The molecular weight excluding hydrogens is 501 g/mol. The number of hydrogen-bond acceptors (Lipinski definition) is 6. The Morgan fingerprint density at radius 1 is 0.737 bits per heavy atom. The maximum Gasteiger partial charge on any atom is 0.268 e. The largest absolute Gasteiger partial charge is 0.756 e. The van der Waals surface area contributed by atoms with E-state index < -0.39 is 13.9 Å². The van der Waals surface area contributed by atoms with Crippen molar-refractivity contribution in [3.05, 3.63) is 12.2 Å². The lowest BCUT2D eigenvalue weighted by Crippen LogP contribution is -2.38. The molecule has 0 spiro atoms. The smallest absolute Gasteiger partial charge is 0.268 e. The van der Waals surface area contributed by atoms with E-state index in [0.717, 1.165) is 12.8 Å². The van der Waals surface area contributed by atoms with Crippen molar-refractivity contribution in [3.63, 3.8) is 0 Å². The maximum absolute atomic E-state index is 12.1. The molecule has 7 nitrogen and oxygen atoms in total. The molecular formula is C30H62NO6P. The predicted octanol–water partition coefficient (Wildman–Crippen LogP) is 7.43. The topological polar surface area (TPSA) is 77.1 Å². The molecule has 0 N–H and O–H groups in total. The van der Waals surface area contributed by atoms with Crippen LogP contribution in [0.2, 0.25) is 0 Å². The molecule has 228 valence electrons. The first kappa shape index (κ1) is 37.7. The Labute approximate surface area is 235 Å². The van der Waals surface area contributed by atoms with Gasteiger partial charge in [-0.1, -0.05) is 96.1 Å². The fraction of sp³-hybridized carbons (Fsp3) is 0.933. The van der Waals surface area contributed by atoms with Crippen LogP contribution in [-0.4, -0.2) is 71.8 Å². The van der Waals surface area contributed by atoms with Gasteiger partial charge in [0.25, 0.3) is 7.82 Å². The van der Waals surface area contributed by atoms with Crippen LogP contribution in [0.4, 0.5) is 0 Å². The zero-order chi connectivity index (χ0) is 28.4. The minimum atomic E-state index is -4.39. The monoisotopic (exact) mass is 563 g/mol. The third-order valence-corrected chi connectivity index (χ3v) is 7.55. The highest BCUT2D eigenvalue weighted by atomic mass is 31.2. The zero-order valence-electron chi connectivity index (χ0n) is 25.6. The van der Waals surface area contributed by atoms with Gasteiger partial charge >= 0.3 is 0 Å². The van der Waals surface area contributed by atoms with Crippen LogP contribution in [0.25, 0.3) is 0 Å². The molecule has 0 saturated carbocycles. The molecule has 0 aromatic heterocycles. The van der Waals surface area contributed by atoms with Crippen molar-refractivity contribution < 1.29 is 32.5 Å². The summed E-state index contributed by atoms with van der Waals surface area (Å²) in [6.45, 7) is 3.83. The van der Waals surface area contributed by atoms with Crippen LogP contribution in [0, 0.1) is 0 Å². The molecule has 0 rings (SSSR count). The van der Waals surface area contributed by atoms with Gasteiger partial charge in [0.15, 0.2) is 0 Å². The first-order valence-corrected chi connectivity index (χ1v) is 16.8. The summed E-state index contributed by atoms with van der Waals surface area (Å²) in [6.07, 6.45) is 26.1. The molecule has 0 saturated heterocycles. The number of ether oxygens (including phenoxy) is 2. The summed E-state index contributed by atoms with van der Waals surface area (Å²) in [7, 11) is 3.04. The van der Waals surface area contributed by atoms with Crippen LogP contribution in [0.1, 0.15) is 116 Å². The fourth-order valence-corrected chi connectivity index (χ4v) is 4.98. The van der Waals surface area contributed by atoms with E-state index in [2.05, 4.69) is 19.1 Å². The highest BCUT2D eigenvalue weighted by molar-refractivity contribution is 7.45. The molecule has 0 bridgehead atoms. The van der Waals surface area contributed by atoms with E-state index in [9.17, 15) is 9.46 Å². The average Bonchev–Trinajstić information content (AvgIpc) is 2.84. The summed E-state index contributed by atoms with van der Waals surface area (Å²) in [6, 6.07) is 0. The average molecular weight is 564 g/mol. The third kappa shape index (κ3) is 28.7. The van der Waals surface area contributed by atoms with Crippen LogP contribution in [0.15, 0.2) is 12.2 Å². The van der Waals surface area contributed by atoms with Crippen molar-refractivity contribution in [2.24, 2.45) is 0 Å². The molecule has 0 aliphatic rings. The van der Waals surface area contributed by atoms with E-state index in [-0.39, 0.29) is 19.8 Å². The predicted molar refractivity (Wildman–Crippen MR) is 157 cm³/mol. The number of phosphoric ester groups is 1. The Hall–Kier alpha value is -0.270. The van der Waals surface area contributed by atoms with Gasteiger partial charge in [0, 0.05) is 13.7 Å². The van der Waals surface area contributed by atoms with Gasteiger partial charge in [-0.05, 0) is 32.1 Å². The van der Waals surface area contributed by atoms with E-state index in [4.69, 9.17) is 18.5 Å². The van der Waals surface area contributed by atoms with E-state index in [1.165, 1.54) is 103 Å². The highest BCUT2D eigenvalue weighted by Crippen LogP contribution is 2.39. The van der Waals surface area contributed by atoms with Crippen LogP contribution in [-0.2, 0) is 23.1 Å². The van der Waals surface area contributed by atoms with Gasteiger partial charge in [-0.3, -0.25) is 4.57 Å². The second-order valence-corrected chi connectivity index (χ2v) is 12.9. The Morgan fingerprint density at radius 2 is 1.24 bits per heavy atom. The summed E-state index contributed by atoms with van der Waals surface area (Å²) < 4.78 is 33.6. The molecule has 2 atom stereocenters. The molecule has 0 radical (unpaired) electrons. The van der Waals surface area contributed by atoms with E-state index >= 15 is 0 Å². The van der Waals surface area contributed by atoms with Gasteiger partial charge in [0.1, 0.15) is 19.3 Å². The summed E-state index contributed by atoms with van der Waals surface area (Å²) in [5.41, 5.74) is 0. The first-order valence-electron chi connectivity index (χ1n) is 15.4. The Morgan fingerprint density at radius 3 is 1.74 bits per heavy atom. The molecule has 0 aliphatic heterocycles. The van der Waals surface area contributed by atoms with Gasteiger partial charge in [0.2, 0.25) is 0 Å². The van der Waals surface area contributed by atoms with Crippen molar-refractivity contribution in [1.82, 2.24) is 0 Å². The fourth-order valence-electron chi connectivity index (χ4n) is 4.13. The minimum Gasteiger partial charge on any atom is -0.756 e. The van der Waals surface area contributed by atoms with Crippen molar-refractivity contribution in [1.29, 1.82) is 0 Å². The van der Waals surface area contributed by atoms with Gasteiger partial charge in [-0.2, -0.15) is 0 Å². The molecule has 0 aliphatic carbocycles. The number of likely N-dealkylation sites (N-methyl/N-ethyl adjacent to an activating group) is 1. The number of methoxy groups -OCH3 is 1. The molecule has 38 heavy (non-hydrogen) atoms. The Kier molecular flexibility index (Phi) is 25.5. The summed E-state index contributed by atoms with van der Waals surface area (Å²) in [5, 5.41) is 0. The van der Waals surface area contributed by atoms with Gasteiger partial charge in [-0.25, -0.2) is 0 Å². The van der Waals surface area contributed by atoms with Gasteiger partial charge in [0.05, 0.1) is 34.4 Å². The highest BCUT2D eigenvalue weighted by Gasteiger charge is 2.20. The van der Waals surface area contributed by atoms with Crippen molar-refractivity contribution in [2.45, 2.75) is 122 Å². The lowest BCUT2D eigenvalue weighted by atomic mass is 10.1. The molecule has 0 aromatic rings. The molecule has 0 fully saturated rings. The van der Waals surface area contributed by atoms with Crippen LogP contribution >= 0.6 is 7.82 Å². The Balaban J connectivity index is 3.59. The molecule has 0 heterocycles. The quantitative estimate of drug-likeness (QED) is 0.0408. The van der Waals surface area contributed by atoms with Crippen LogP contribution < -0.4 is 4.89 Å². The lowest BCUT2D eigenvalue weighted by molar-refractivity contribution is -0.870. The van der Waals surface area contributed by atoms with E-state index in [1.807, 2.05) is 21.1 Å². The molecule has 8 heteroatoms. The maximum atomic E-state index is 12.1. The van der Waals surface area contributed by atoms with Crippen LogP contribution in [0.3, 0.4) is 0 Å². The third-order valence-electron chi connectivity index (χ3n) is 6.50. The SMILES string of the molecule is CCCCCCCCCC/C=C\CCCCCCCCCOC[C@H](COC)OP(=O)([O-])OCC[N+](C)(C)C. The van der Waals surface area contributed by atoms with Gasteiger partial charge < -0.3 is 27.9 Å². The van der Waals surface area contributed by atoms with Crippen molar-refractivity contribution in [2.75, 3.05) is 61.2 Å². The second-order valence-electron chi connectivity index (χ2n) is 11.6. The van der Waals surface area contributed by atoms with Crippen molar-refractivity contribution in [3.8, 4) is 0 Å². The number of hydrogen-bond donors (Lipinski definition) is 0. The number of quaternary nitrogens is 1. The second kappa shape index (κ2) is 25.7. The minimum absolute atomic E-state index is 0.0842. The van der Waals surface area contributed by atoms with Gasteiger partial charge in [-0.15, -0.1) is 0 Å². The zero-order valence-corrected chi connectivity index (χ0v) is 26.5.